The third kappa shape index (κ3) is 5.34. The lowest BCUT2D eigenvalue weighted by Gasteiger charge is -2.17. The number of halogens is 3. The Morgan fingerprint density at radius 3 is 2.52 bits per heavy atom. The topological polar surface area (TPSA) is 110 Å². The fraction of sp³-hybridized carbons (Fsp3) is 0.467. The highest BCUT2D eigenvalue weighted by Gasteiger charge is 2.35. The van der Waals surface area contributed by atoms with Crippen LogP contribution in [-0.4, -0.2) is 29.3 Å². The van der Waals surface area contributed by atoms with Gasteiger partial charge in [0.1, 0.15) is 17.2 Å². The third-order valence-electron chi connectivity index (χ3n) is 3.20. The zero-order chi connectivity index (χ0) is 19.3. The van der Waals surface area contributed by atoms with Gasteiger partial charge in [0.05, 0.1) is 17.2 Å². The minimum atomic E-state index is -4.57. The highest BCUT2D eigenvalue weighted by Crippen LogP contribution is 2.33. The molecule has 10 heteroatoms. The minimum Gasteiger partial charge on any atom is -0.375 e. The monoisotopic (exact) mass is 355 g/mol. The second kappa shape index (κ2) is 7.83. The Labute approximate surface area is 143 Å². The molecule has 0 aliphatic carbocycles. The minimum absolute atomic E-state index is 0.0191. The molecule has 1 rings (SSSR count). The SMILES string of the molecule is CCNc1nc(N/C(=C/C(=N)C(C)(C)C#N)NC)ncc1C(F)(F)F. The van der Waals surface area contributed by atoms with E-state index in [1.54, 1.807) is 27.8 Å². The number of aromatic nitrogens is 2. The van der Waals surface area contributed by atoms with Crippen molar-refractivity contribution in [1.82, 2.24) is 15.3 Å². The van der Waals surface area contributed by atoms with Crippen molar-refractivity contribution in [2.24, 2.45) is 5.41 Å². The molecular weight excluding hydrogens is 335 g/mol. The normalized spacial score (nSPS) is 12.3. The van der Waals surface area contributed by atoms with E-state index in [2.05, 4.69) is 25.9 Å². The number of allylic oxidation sites excluding steroid dienone is 1. The summed E-state index contributed by atoms with van der Waals surface area (Å²) in [4.78, 5) is 7.50. The van der Waals surface area contributed by atoms with Crippen LogP contribution in [0.15, 0.2) is 18.1 Å². The smallest absolute Gasteiger partial charge is 0.375 e. The average molecular weight is 355 g/mol. The predicted octanol–water partition coefficient (Wildman–Crippen LogP) is 2.97. The molecular formula is C15H20F3N7. The van der Waals surface area contributed by atoms with E-state index in [1.807, 2.05) is 6.07 Å². The summed E-state index contributed by atoms with van der Waals surface area (Å²) in [6.07, 6.45) is -2.53. The van der Waals surface area contributed by atoms with Gasteiger partial charge in [0, 0.05) is 25.9 Å². The van der Waals surface area contributed by atoms with Crippen LogP contribution in [0.5, 0.6) is 0 Å². The molecule has 0 radical (unpaired) electrons. The lowest BCUT2D eigenvalue weighted by Crippen LogP contribution is -2.24. The molecule has 7 nitrogen and oxygen atoms in total. The van der Waals surface area contributed by atoms with Gasteiger partial charge in [-0.3, -0.25) is 0 Å². The van der Waals surface area contributed by atoms with E-state index in [-0.39, 0.29) is 29.8 Å². The largest absolute Gasteiger partial charge is 0.421 e. The maximum absolute atomic E-state index is 13.0. The Bertz CT molecular complexity index is 702. The molecule has 0 aliphatic rings. The van der Waals surface area contributed by atoms with E-state index in [9.17, 15) is 13.2 Å². The molecule has 0 aromatic carbocycles. The van der Waals surface area contributed by atoms with E-state index in [1.165, 1.54) is 6.08 Å². The van der Waals surface area contributed by atoms with Crippen LogP contribution in [0.1, 0.15) is 26.3 Å². The number of nitrogens with zero attached hydrogens (tertiary/aromatic N) is 3. The van der Waals surface area contributed by atoms with Gasteiger partial charge in [-0.25, -0.2) is 4.98 Å². The number of nitriles is 1. The van der Waals surface area contributed by atoms with Gasteiger partial charge in [0.2, 0.25) is 5.95 Å². The number of rotatable bonds is 7. The third-order valence-corrected chi connectivity index (χ3v) is 3.20. The molecule has 0 spiro atoms. The number of alkyl halides is 3. The standard InChI is InChI=1S/C15H20F3N7/c1-5-22-12-9(15(16,17)18)7-23-13(25-12)24-11(21-4)6-10(20)14(2,3)8-19/h6-7,20-21H,5H2,1-4H3,(H2,22,23,24,25)/b11-6+,20-10?. The van der Waals surface area contributed by atoms with Crippen LogP contribution >= 0.6 is 0 Å². The molecule has 1 heterocycles. The number of hydrogen-bond acceptors (Lipinski definition) is 7. The van der Waals surface area contributed by atoms with Crippen molar-refractivity contribution in [3.63, 3.8) is 0 Å². The van der Waals surface area contributed by atoms with Crippen LogP contribution in [0.2, 0.25) is 0 Å². The van der Waals surface area contributed by atoms with Gasteiger partial charge in [0.15, 0.2) is 0 Å². The molecule has 0 amide bonds. The Hall–Kier alpha value is -2.83. The van der Waals surface area contributed by atoms with E-state index in [0.717, 1.165) is 0 Å². The molecule has 0 bridgehead atoms. The van der Waals surface area contributed by atoms with E-state index in [0.29, 0.717) is 6.20 Å². The molecule has 136 valence electrons. The maximum Gasteiger partial charge on any atom is 0.421 e. The quantitative estimate of drug-likeness (QED) is 0.560. The van der Waals surface area contributed by atoms with Crippen molar-refractivity contribution < 1.29 is 13.2 Å². The highest BCUT2D eigenvalue weighted by molar-refractivity contribution is 5.99. The van der Waals surface area contributed by atoms with Crippen LogP contribution in [0.4, 0.5) is 24.9 Å². The van der Waals surface area contributed by atoms with Gasteiger partial charge in [0.25, 0.3) is 0 Å². The molecule has 0 saturated carbocycles. The van der Waals surface area contributed by atoms with Crippen LogP contribution < -0.4 is 16.0 Å². The second-order valence-electron chi connectivity index (χ2n) is 5.57. The van der Waals surface area contributed by atoms with Crippen molar-refractivity contribution in [1.29, 1.82) is 10.7 Å². The van der Waals surface area contributed by atoms with E-state index in [4.69, 9.17) is 10.7 Å². The van der Waals surface area contributed by atoms with Gasteiger partial charge in [-0.05, 0) is 20.8 Å². The summed E-state index contributed by atoms with van der Waals surface area (Å²) in [6, 6.07) is 1.99. The summed E-state index contributed by atoms with van der Waals surface area (Å²) in [5, 5.41) is 25.0. The summed E-state index contributed by atoms with van der Waals surface area (Å²) < 4.78 is 38.9. The van der Waals surface area contributed by atoms with Crippen molar-refractivity contribution in [3.05, 3.63) is 23.7 Å². The number of anilines is 2. The first-order valence-electron chi connectivity index (χ1n) is 7.40. The summed E-state index contributed by atoms with van der Waals surface area (Å²) in [5.41, 5.74) is -1.96. The van der Waals surface area contributed by atoms with Crippen molar-refractivity contribution in [2.75, 3.05) is 24.2 Å². The predicted molar refractivity (Wildman–Crippen MR) is 89.1 cm³/mol. The average Bonchev–Trinajstić information content (AvgIpc) is 2.53. The van der Waals surface area contributed by atoms with Crippen LogP contribution in [0.25, 0.3) is 0 Å². The maximum atomic E-state index is 13.0. The molecule has 4 N–H and O–H groups in total. The molecule has 0 saturated heterocycles. The molecule has 1 aromatic heterocycles. The Morgan fingerprint density at radius 1 is 1.40 bits per heavy atom. The van der Waals surface area contributed by atoms with Crippen molar-refractivity contribution in [3.8, 4) is 6.07 Å². The van der Waals surface area contributed by atoms with Crippen molar-refractivity contribution >= 4 is 17.5 Å². The van der Waals surface area contributed by atoms with E-state index < -0.39 is 17.2 Å². The van der Waals surface area contributed by atoms with Crippen LogP contribution in [0.3, 0.4) is 0 Å². The fourth-order valence-corrected chi connectivity index (χ4v) is 1.63. The first-order valence-corrected chi connectivity index (χ1v) is 7.40. The zero-order valence-corrected chi connectivity index (χ0v) is 14.3. The summed E-state index contributed by atoms with van der Waals surface area (Å²) >= 11 is 0. The molecule has 0 aliphatic heterocycles. The molecule has 1 aromatic rings. The summed E-state index contributed by atoms with van der Waals surface area (Å²) in [5.74, 6) is -0.141. The molecule has 25 heavy (non-hydrogen) atoms. The summed E-state index contributed by atoms with van der Waals surface area (Å²) in [7, 11) is 1.56. The van der Waals surface area contributed by atoms with Gasteiger partial charge >= 0.3 is 6.18 Å². The lowest BCUT2D eigenvalue weighted by atomic mass is 9.89. The Balaban J connectivity index is 3.14. The molecule has 0 fully saturated rings. The first kappa shape index (κ1) is 20.2. The highest BCUT2D eigenvalue weighted by atomic mass is 19.4. The van der Waals surface area contributed by atoms with E-state index >= 15 is 0 Å². The van der Waals surface area contributed by atoms with Crippen molar-refractivity contribution in [2.45, 2.75) is 26.9 Å². The zero-order valence-electron chi connectivity index (χ0n) is 14.3. The van der Waals surface area contributed by atoms with Gasteiger partial charge < -0.3 is 21.4 Å². The number of nitrogens with one attached hydrogen (secondary N) is 4. The lowest BCUT2D eigenvalue weighted by molar-refractivity contribution is -0.137. The molecule has 0 unspecified atom stereocenters. The fourth-order valence-electron chi connectivity index (χ4n) is 1.63. The Kier molecular flexibility index (Phi) is 6.33. The van der Waals surface area contributed by atoms with Gasteiger partial charge in [-0.2, -0.15) is 23.4 Å². The van der Waals surface area contributed by atoms with Crippen LogP contribution in [-0.2, 0) is 6.18 Å². The number of hydrogen-bond donors (Lipinski definition) is 4. The Morgan fingerprint density at radius 2 is 2.04 bits per heavy atom. The van der Waals surface area contributed by atoms with Gasteiger partial charge in [-0.1, -0.05) is 0 Å². The first-order chi connectivity index (χ1) is 11.5. The molecule has 0 atom stereocenters. The second-order valence-corrected chi connectivity index (χ2v) is 5.57. The van der Waals surface area contributed by atoms with Crippen LogP contribution in [0, 0.1) is 22.2 Å². The van der Waals surface area contributed by atoms with Gasteiger partial charge in [-0.15, -0.1) is 0 Å². The summed E-state index contributed by atoms with van der Waals surface area (Å²) in [6.45, 7) is 5.07.